The molecule has 7 heterocycles. The fourth-order valence-corrected chi connectivity index (χ4v) is 20.2. The summed E-state index contributed by atoms with van der Waals surface area (Å²) in [6.45, 7) is 28.4. The van der Waals surface area contributed by atoms with Gasteiger partial charge >= 0.3 is 89.7 Å². The molecule has 17 fully saturated rings. The summed E-state index contributed by atoms with van der Waals surface area (Å²) in [6, 6.07) is 0. The molecule has 0 radical (unpaired) electrons. The van der Waals surface area contributed by atoms with E-state index >= 15 is 0 Å². The van der Waals surface area contributed by atoms with E-state index in [1.807, 2.05) is 69.2 Å². The molecule has 640 valence electrons. The summed E-state index contributed by atoms with van der Waals surface area (Å²) in [7, 11) is 1.27. The van der Waals surface area contributed by atoms with Crippen LogP contribution in [-0.2, 0) is 143 Å². The smallest absolute Gasteiger partial charge is 0.373 e. The van der Waals surface area contributed by atoms with Crippen LogP contribution in [0.1, 0.15) is 233 Å². The van der Waals surface area contributed by atoms with Gasteiger partial charge in [0.25, 0.3) is 0 Å². The van der Waals surface area contributed by atoms with Gasteiger partial charge in [-0.1, -0.05) is 41.5 Å². The van der Waals surface area contributed by atoms with Gasteiger partial charge in [-0.25, -0.2) is 14.4 Å². The molecular formula is C84H118O31. The molecule has 0 amide bonds. The van der Waals surface area contributed by atoms with Crippen molar-refractivity contribution in [3.63, 3.8) is 0 Å². The van der Waals surface area contributed by atoms with Gasteiger partial charge in [0.05, 0.1) is 75.3 Å². The van der Waals surface area contributed by atoms with Crippen LogP contribution >= 0.6 is 0 Å². The molecule has 0 spiro atoms. The lowest BCUT2D eigenvalue weighted by atomic mass is 9.62. The Labute approximate surface area is 670 Å². The second-order valence-corrected chi connectivity index (χ2v) is 38.0. The fraction of sp³-hybridized carbons (Fsp3) is 0.821. The maximum atomic E-state index is 12.4. The van der Waals surface area contributed by atoms with E-state index in [0.29, 0.717) is 83.0 Å². The van der Waals surface area contributed by atoms with Crippen LogP contribution in [0.25, 0.3) is 0 Å². The fourth-order valence-electron chi connectivity index (χ4n) is 20.2. The third-order valence-corrected chi connectivity index (χ3v) is 28.4. The van der Waals surface area contributed by atoms with Gasteiger partial charge in [0.15, 0.2) is 19.8 Å². The van der Waals surface area contributed by atoms with E-state index in [1.54, 1.807) is 41.5 Å². The molecular weight excluding hydrogens is 1500 g/mol. The summed E-state index contributed by atoms with van der Waals surface area (Å²) in [5.74, 6) is -5.87. The number of carbonyl (C=O) groups excluding carboxylic acids is 16. The highest BCUT2D eigenvalue weighted by molar-refractivity contribution is 5.87. The van der Waals surface area contributed by atoms with Crippen LogP contribution in [0, 0.1) is 110 Å². The van der Waals surface area contributed by atoms with Crippen molar-refractivity contribution in [2.75, 3.05) is 26.9 Å². The van der Waals surface area contributed by atoms with Gasteiger partial charge in [-0.2, -0.15) is 9.59 Å². The monoisotopic (exact) mass is 1620 g/mol. The van der Waals surface area contributed by atoms with Crippen molar-refractivity contribution < 1.29 is 148 Å². The minimum Gasteiger partial charge on any atom is -0.469 e. The lowest BCUT2D eigenvalue weighted by Gasteiger charge is -2.50. The first-order valence-corrected chi connectivity index (χ1v) is 41.1. The highest BCUT2D eigenvalue weighted by Gasteiger charge is 2.71. The minimum atomic E-state index is -0.936. The molecule has 25 atom stereocenters. The number of hydrogen-bond donors (Lipinski definition) is 1. The van der Waals surface area contributed by atoms with Crippen LogP contribution in [0.15, 0.2) is 0 Å². The zero-order valence-electron chi connectivity index (χ0n) is 69.5. The van der Waals surface area contributed by atoms with Gasteiger partial charge in [-0.15, -0.1) is 0 Å². The Morgan fingerprint density at radius 3 is 1.37 bits per heavy atom. The summed E-state index contributed by atoms with van der Waals surface area (Å²) in [4.78, 5) is 185. The Bertz CT molecular complexity index is 3810. The standard InChI is InChI=1S/C18H24O8.C17H24O6.C16H22O6.C16H24O5.C16H24O4.CO2/c1-5-18(2,3)17(22)24-7-10(19)25-13-8-6-9-12(11(8)15(20)23-4)16(21)26-14(9)13;1-5-17(3,4)16(20)21-7-11(18)22-13-9-6-10-12(8(9)2)15(19)23-14(10)13;1-4-16(2,3)15(19)20-7-11(17)21-12-8-5-9-10(6-8)14(18)22-13(9)12;1-4-14(2,3)13(18)21-16-6-10-5-15(19,9-16)7-11(8-16)20-12(10)17;1-4-15(2,3)14(18)20-16-7-10-5-11(8-16)13(17)19-12(6-10)9-16;2-1-3/h8-9,11-14H,5-7H2,1-4H3;8-10,12-14H,5-7H2,1-4H3;8-10,12-13H,4-7H2,1-3H3;10-11,19H,4-9H2,1-3H3;10-12H,4-9H2,1-3H3;. The van der Waals surface area contributed by atoms with Crippen molar-refractivity contribution in [1.82, 2.24) is 0 Å². The van der Waals surface area contributed by atoms with E-state index in [9.17, 15) is 72.2 Å². The molecule has 0 aromatic heterocycles. The highest BCUT2D eigenvalue weighted by atomic mass is 16.6. The first-order chi connectivity index (χ1) is 53.7. The highest BCUT2D eigenvalue weighted by Crippen LogP contribution is 2.62. The molecule has 7 aliphatic heterocycles. The van der Waals surface area contributed by atoms with Gasteiger partial charge < -0.3 is 71.4 Å². The Hall–Kier alpha value is -8.08. The first kappa shape index (κ1) is 89.3. The van der Waals surface area contributed by atoms with Crippen molar-refractivity contribution in [2.45, 2.75) is 298 Å². The summed E-state index contributed by atoms with van der Waals surface area (Å²) in [6.07, 6.45) is 9.98. The van der Waals surface area contributed by atoms with Crippen molar-refractivity contribution in [3.8, 4) is 0 Å². The normalized spacial score (nSPS) is 36.6. The molecule has 17 rings (SSSR count). The molecule has 1 N–H and O–H groups in total. The number of esters is 14. The van der Waals surface area contributed by atoms with Crippen molar-refractivity contribution in [2.24, 2.45) is 110 Å². The number of rotatable bonds is 22. The van der Waals surface area contributed by atoms with E-state index in [0.717, 1.165) is 44.9 Å². The maximum Gasteiger partial charge on any atom is 0.373 e. The lowest BCUT2D eigenvalue weighted by Crippen LogP contribution is -2.57. The Balaban J connectivity index is 0.000000151. The second-order valence-electron chi connectivity index (χ2n) is 38.0. The van der Waals surface area contributed by atoms with E-state index in [4.69, 9.17) is 75.9 Å². The van der Waals surface area contributed by atoms with Crippen LogP contribution in [0.2, 0.25) is 0 Å². The van der Waals surface area contributed by atoms with E-state index in [-0.39, 0.29) is 144 Å². The zero-order valence-corrected chi connectivity index (χ0v) is 69.5. The molecule has 25 unspecified atom stereocenters. The number of aliphatic hydroxyl groups is 1. The third-order valence-electron chi connectivity index (χ3n) is 28.4. The largest absolute Gasteiger partial charge is 0.469 e. The molecule has 0 aromatic carbocycles. The topological polar surface area (TPSA) is 423 Å². The quantitative estimate of drug-likeness (QED) is 0.0787. The molecule has 10 saturated carbocycles. The molecule has 31 nitrogen and oxygen atoms in total. The van der Waals surface area contributed by atoms with E-state index in [1.165, 1.54) is 7.11 Å². The summed E-state index contributed by atoms with van der Waals surface area (Å²) >= 11 is 0. The van der Waals surface area contributed by atoms with Crippen molar-refractivity contribution >= 4 is 89.7 Å². The second kappa shape index (κ2) is 34.1. The zero-order chi connectivity index (χ0) is 84.9. The lowest BCUT2D eigenvalue weighted by molar-refractivity contribution is -0.202. The average Bonchev–Trinajstić information content (AvgIpc) is 1.56. The maximum absolute atomic E-state index is 12.4. The number of carbonyl (C=O) groups is 14. The predicted octanol–water partition coefficient (Wildman–Crippen LogP) is 8.23. The van der Waals surface area contributed by atoms with Crippen LogP contribution in [0.3, 0.4) is 0 Å². The summed E-state index contributed by atoms with van der Waals surface area (Å²) < 4.78 is 75.1. The Kier molecular flexibility index (Phi) is 26.5. The SMILES string of the molecule is CCC(C)(C)C(=O)OC12CC3CC(C1)OC(=O)C(C3)C2.CCC(C)(C)C(=O)OC12CC3CC(O)(CC(C1)C(=O)O3)C2.CCC(C)(C)C(=O)OCC(=O)OC1C2CC3C(=O)OC1C3C2.CCC(C)(C)C(=O)OCC(=O)OC1C2CC3C1OC(=O)C3C2C.CCC(C)(C)C(=O)OCC(=O)OC1C2CC3C1OC(=O)C3C2C(=O)OC.O=C=O. The number of methoxy groups -OCH3 is 1. The van der Waals surface area contributed by atoms with Crippen LogP contribution in [-0.4, -0.2) is 187 Å². The average molecular weight is 1620 g/mol. The number of fused-ring (bicyclic) bond motifs is 5. The minimum absolute atomic E-state index is 0.00636. The number of hydrogen-bond acceptors (Lipinski definition) is 31. The third kappa shape index (κ3) is 18.5. The molecule has 31 heteroatoms. The van der Waals surface area contributed by atoms with Gasteiger partial charge in [-0.05, 0) is 165 Å². The molecule has 0 aromatic rings. The van der Waals surface area contributed by atoms with Gasteiger partial charge in [0.2, 0.25) is 0 Å². The molecule has 17 aliphatic rings. The van der Waals surface area contributed by atoms with E-state index in [2.05, 4.69) is 0 Å². The molecule has 7 saturated heterocycles. The van der Waals surface area contributed by atoms with E-state index < -0.39 is 135 Å². The molecule has 115 heavy (non-hydrogen) atoms. The van der Waals surface area contributed by atoms with Crippen LogP contribution in [0.5, 0.6) is 0 Å². The van der Waals surface area contributed by atoms with Gasteiger partial charge in [-0.3, -0.25) is 52.7 Å². The van der Waals surface area contributed by atoms with Crippen molar-refractivity contribution in [1.29, 1.82) is 0 Å². The van der Waals surface area contributed by atoms with Gasteiger partial charge in [0.1, 0.15) is 60.0 Å². The summed E-state index contributed by atoms with van der Waals surface area (Å²) in [5.41, 5.74) is -5.04. The summed E-state index contributed by atoms with van der Waals surface area (Å²) in [5, 5.41) is 10.7. The van der Waals surface area contributed by atoms with Crippen LogP contribution < -0.4 is 0 Å². The molecule has 10 aliphatic carbocycles. The van der Waals surface area contributed by atoms with Gasteiger partial charge in [0, 0.05) is 74.0 Å². The predicted molar refractivity (Wildman–Crippen MR) is 391 cm³/mol. The Morgan fingerprint density at radius 1 is 0.435 bits per heavy atom. The Morgan fingerprint density at radius 2 is 0.852 bits per heavy atom. The number of ether oxygens (including phenoxy) is 14. The van der Waals surface area contributed by atoms with Crippen molar-refractivity contribution in [3.05, 3.63) is 0 Å². The molecule has 14 bridgehead atoms. The first-order valence-electron chi connectivity index (χ1n) is 41.1. The van der Waals surface area contributed by atoms with Crippen LogP contribution in [0.4, 0.5) is 0 Å².